The van der Waals surface area contributed by atoms with Gasteiger partial charge >= 0.3 is 0 Å². The fourth-order valence-corrected chi connectivity index (χ4v) is 3.71. The van der Waals surface area contributed by atoms with Crippen molar-refractivity contribution in [3.8, 4) is 0 Å². The fourth-order valence-electron chi connectivity index (χ4n) is 2.09. The Kier molecular flexibility index (Phi) is 5.33. The Hall–Kier alpha value is -1.94. The van der Waals surface area contributed by atoms with Gasteiger partial charge in [-0.25, -0.2) is 8.42 Å². The van der Waals surface area contributed by atoms with Crippen LogP contribution in [0.3, 0.4) is 0 Å². The summed E-state index contributed by atoms with van der Waals surface area (Å²) in [5, 5.41) is 12.3. The van der Waals surface area contributed by atoms with E-state index in [0.29, 0.717) is 11.5 Å². The Labute approximate surface area is 164 Å². The molecule has 8 nitrogen and oxygen atoms in total. The first-order valence-corrected chi connectivity index (χ1v) is 9.71. The third kappa shape index (κ3) is 4.24. The van der Waals surface area contributed by atoms with Crippen LogP contribution in [0.1, 0.15) is 11.5 Å². The van der Waals surface area contributed by atoms with E-state index < -0.39 is 10.0 Å². The molecule has 0 bridgehead atoms. The summed E-state index contributed by atoms with van der Waals surface area (Å²) in [6, 6.07) is 5.46. The zero-order valence-electron chi connectivity index (χ0n) is 13.2. The van der Waals surface area contributed by atoms with Gasteiger partial charge in [-0.05, 0) is 29.5 Å². The molecular weight excluding hydrogens is 423 g/mol. The highest BCUT2D eigenvalue weighted by Crippen LogP contribution is 2.27. The van der Waals surface area contributed by atoms with Gasteiger partial charge in [0.15, 0.2) is 5.82 Å². The van der Waals surface area contributed by atoms with Gasteiger partial charge in [0.1, 0.15) is 0 Å². The van der Waals surface area contributed by atoms with Crippen LogP contribution in [0.4, 0.5) is 5.69 Å². The first-order chi connectivity index (χ1) is 12.2. The number of sulfonamides is 1. The predicted molar refractivity (Wildman–Crippen MR) is 98.1 cm³/mol. The highest BCUT2D eigenvalue weighted by atomic mass is 35.5. The number of hydrogen-bond acceptors (Lipinski definition) is 6. The summed E-state index contributed by atoms with van der Waals surface area (Å²) in [7, 11) is -2.31. The van der Waals surface area contributed by atoms with Gasteiger partial charge < -0.3 is 0 Å². The molecule has 0 spiro atoms. The van der Waals surface area contributed by atoms with Gasteiger partial charge in [0.05, 0.1) is 44.8 Å². The quantitative estimate of drug-likeness (QED) is 0.663. The van der Waals surface area contributed by atoms with E-state index >= 15 is 0 Å². The molecule has 1 N–H and O–H groups in total. The predicted octanol–water partition coefficient (Wildman–Crippen LogP) is 2.96. The van der Waals surface area contributed by atoms with E-state index in [1.165, 1.54) is 35.3 Å². The zero-order valence-corrected chi connectivity index (χ0v) is 16.3. The van der Waals surface area contributed by atoms with Crippen LogP contribution in [-0.2, 0) is 23.5 Å². The van der Waals surface area contributed by atoms with Crippen LogP contribution in [0.2, 0.25) is 15.1 Å². The van der Waals surface area contributed by atoms with E-state index in [4.69, 9.17) is 34.8 Å². The first-order valence-electron chi connectivity index (χ1n) is 7.10. The minimum atomic E-state index is -3.93. The van der Waals surface area contributed by atoms with Crippen LogP contribution in [0.5, 0.6) is 0 Å². The maximum absolute atomic E-state index is 12.7. The summed E-state index contributed by atoms with van der Waals surface area (Å²) < 4.78 is 27.8. The van der Waals surface area contributed by atoms with Crippen molar-refractivity contribution in [1.29, 1.82) is 0 Å². The van der Waals surface area contributed by atoms with Gasteiger partial charge in [-0.1, -0.05) is 34.8 Å². The Bertz CT molecular complexity index is 1070. The molecule has 0 amide bonds. The molecule has 2 heterocycles. The average molecular weight is 434 g/mol. The van der Waals surface area contributed by atoms with Gasteiger partial charge in [0, 0.05) is 6.20 Å². The van der Waals surface area contributed by atoms with Crippen molar-refractivity contribution in [2.75, 3.05) is 4.72 Å². The standard InChI is InChI=1S/C14H11Cl3N6O2S/c1-23-20-14(19-22-23)6-12-13(4-8(15)7-18-12)21-26(24,25)9-2-3-10(16)11(17)5-9/h2-5,7,21H,6H2,1H3. The molecule has 26 heavy (non-hydrogen) atoms. The van der Waals surface area contributed by atoms with E-state index in [2.05, 4.69) is 25.1 Å². The number of nitrogens with one attached hydrogen (secondary N) is 1. The number of pyridine rings is 1. The van der Waals surface area contributed by atoms with E-state index in [9.17, 15) is 8.42 Å². The summed E-state index contributed by atoms with van der Waals surface area (Å²) >= 11 is 17.7. The molecule has 0 aliphatic rings. The number of aromatic nitrogens is 5. The molecule has 3 aromatic rings. The fraction of sp³-hybridized carbons (Fsp3) is 0.143. The summed E-state index contributed by atoms with van der Waals surface area (Å²) in [4.78, 5) is 5.42. The first kappa shape index (κ1) is 18.8. The largest absolute Gasteiger partial charge is 0.278 e. The van der Waals surface area contributed by atoms with E-state index in [1.807, 2.05) is 0 Å². The lowest BCUT2D eigenvalue weighted by molar-refractivity contribution is 0.601. The van der Waals surface area contributed by atoms with Gasteiger partial charge in [-0.2, -0.15) is 4.80 Å². The van der Waals surface area contributed by atoms with Crippen molar-refractivity contribution >= 4 is 50.5 Å². The molecular formula is C14H11Cl3N6O2S. The summed E-state index contributed by atoms with van der Waals surface area (Å²) in [5.74, 6) is 0.386. The third-order valence-electron chi connectivity index (χ3n) is 3.26. The van der Waals surface area contributed by atoms with Crippen molar-refractivity contribution in [3.05, 3.63) is 57.0 Å². The van der Waals surface area contributed by atoms with Crippen LogP contribution in [-0.4, -0.2) is 33.6 Å². The molecule has 0 aliphatic heterocycles. The zero-order chi connectivity index (χ0) is 18.9. The number of aryl methyl sites for hydroxylation is 1. The minimum absolute atomic E-state index is 0.0459. The molecule has 0 atom stereocenters. The van der Waals surface area contributed by atoms with Crippen molar-refractivity contribution in [2.45, 2.75) is 11.3 Å². The number of rotatable bonds is 5. The maximum atomic E-state index is 12.7. The molecule has 2 aromatic heterocycles. The Morgan fingerprint density at radius 3 is 2.58 bits per heavy atom. The number of nitrogens with zero attached hydrogens (tertiary/aromatic N) is 5. The topological polar surface area (TPSA) is 103 Å². The number of anilines is 1. The van der Waals surface area contributed by atoms with Crippen molar-refractivity contribution < 1.29 is 8.42 Å². The monoisotopic (exact) mass is 432 g/mol. The Morgan fingerprint density at radius 2 is 1.92 bits per heavy atom. The van der Waals surface area contributed by atoms with Crippen molar-refractivity contribution in [3.63, 3.8) is 0 Å². The number of halogens is 3. The molecule has 136 valence electrons. The lowest BCUT2D eigenvalue weighted by Crippen LogP contribution is -2.15. The Balaban J connectivity index is 1.95. The van der Waals surface area contributed by atoms with Gasteiger partial charge in [0.2, 0.25) is 0 Å². The molecule has 0 saturated heterocycles. The van der Waals surface area contributed by atoms with Crippen LogP contribution in [0.25, 0.3) is 0 Å². The van der Waals surface area contributed by atoms with Crippen LogP contribution in [0.15, 0.2) is 35.4 Å². The second-order valence-electron chi connectivity index (χ2n) is 5.20. The molecule has 0 saturated carbocycles. The maximum Gasteiger partial charge on any atom is 0.262 e. The van der Waals surface area contributed by atoms with E-state index in [0.717, 1.165) is 0 Å². The molecule has 0 aliphatic carbocycles. The lowest BCUT2D eigenvalue weighted by Gasteiger charge is -2.12. The summed E-state index contributed by atoms with van der Waals surface area (Å²) in [5.41, 5.74) is 0.599. The van der Waals surface area contributed by atoms with E-state index in [-0.39, 0.29) is 32.1 Å². The van der Waals surface area contributed by atoms with E-state index in [1.54, 1.807) is 7.05 Å². The normalized spacial score (nSPS) is 11.5. The summed E-state index contributed by atoms with van der Waals surface area (Å²) in [6.07, 6.45) is 1.58. The molecule has 3 rings (SSSR count). The number of hydrogen-bond donors (Lipinski definition) is 1. The molecule has 0 fully saturated rings. The minimum Gasteiger partial charge on any atom is -0.278 e. The van der Waals surface area contributed by atoms with Crippen LogP contribution < -0.4 is 4.72 Å². The van der Waals surface area contributed by atoms with Gasteiger partial charge in [-0.15, -0.1) is 10.2 Å². The molecule has 1 aromatic carbocycles. The number of tetrazole rings is 1. The average Bonchev–Trinajstić information content (AvgIpc) is 2.97. The smallest absolute Gasteiger partial charge is 0.262 e. The van der Waals surface area contributed by atoms with Crippen molar-refractivity contribution in [2.24, 2.45) is 7.05 Å². The summed E-state index contributed by atoms with van der Waals surface area (Å²) in [6.45, 7) is 0. The van der Waals surface area contributed by atoms with Crippen LogP contribution >= 0.6 is 34.8 Å². The molecule has 0 unspecified atom stereocenters. The van der Waals surface area contributed by atoms with Crippen LogP contribution in [0, 0.1) is 0 Å². The van der Waals surface area contributed by atoms with Gasteiger partial charge in [0.25, 0.3) is 10.0 Å². The molecule has 12 heteroatoms. The Morgan fingerprint density at radius 1 is 1.15 bits per heavy atom. The van der Waals surface area contributed by atoms with Crippen molar-refractivity contribution in [1.82, 2.24) is 25.2 Å². The molecule has 0 radical (unpaired) electrons. The SMILES string of the molecule is Cn1nnc(Cc2ncc(Cl)cc2NS(=O)(=O)c2ccc(Cl)c(Cl)c2)n1. The number of benzene rings is 1. The highest BCUT2D eigenvalue weighted by Gasteiger charge is 2.19. The second kappa shape index (κ2) is 7.36. The van der Waals surface area contributed by atoms with Gasteiger partial charge in [-0.3, -0.25) is 9.71 Å². The highest BCUT2D eigenvalue weighted by molar-refractivity contribution is 7.92. The second-order valence-corrected chi connectivity index (χ2v) is 8.13. The third-order valence-corrected chi connectivity index (χ3v) is 5.57. The lowest BCUT2D eigenvalue weighted by atomic mass is 10.2.